The van der Waals surface area contributed by atoms with Gasteiger partial charge in [-0.05, 0) is 37.8 Å². The Kier molecular flexibility index (Phi) is 2.73. The maximum absolute atomic E-state index is 5.85. The molecule has 0 spiro atoms. The van der Waals surface area contributed by atoms with Crippen molar-refractivity contribution in [3.63, 3.8) is 0 Å². The smallest absolute Gasteiger partial charge is 0.0615 e. The van der Waals surface area contributed by atoms with E-state index in [4.69, 9.17) is 5.73 Å². The molecule has 2 heteroatoms. The number of benzene rings is 1. The Morgan fingerprint density at radius 2 is 2.00 bits per heavy atom. The minimum Gasteiger partial charge on any atom is -0.397 e. The van der Waals surface area contributed by atoms with E-state index in [0.717, 1.165) is 17.8 Å². The zero-order valence-electron chi connectivity index (χ0n) is 8.29. The van der Waals surface area contributed by atoms with E-state index in [1.807, 2.05) is 24.3 Å². The van der Waals surface area contributed by atoms with Gasteiger partial charge in [-0.3, -0.25) is 0 Å². The van der Waals surface area contributed by atoms with Gasteiger partial charge in [-0.1, -0.05) is 18.2 Å². The molecule has 0 saturated heterocycles. The van der Waals surface area contributed by atoms with E-state index in [9.17, 15) is 0 Å². The average Bonchev–Trinajstić information content (AvgIpc) is 2.23. The molecule has 1 aromatic rings. The number of hydrogen-bond acceptors (Lipinski definition) is 2. The molecule has 2 rings (SSSR count). The molecule has 0 aliphatic heterocycles. The van der Waals surface area contributed by atoms with Crippen LogP contribution in [0.2, 0.25) is 0 Å². The van der Waals surface area contributed by atoms with E-state index < -0.39 is 0 Å². The van der Waals surface area contributed by atoms with Crippen LogP contribution in [0.4, 0.5) is 11.4 Å². The number of allylic oxidation sites excluding steroid dienone is 2. The predicted molar refractivity (Wildman–Crippen MR) is 61.0 cm³/mol. The maximum atomic E-state index is 5.85. The predicted octanol–water partition coefficient (Wildman–Crippen LogP) is 3.14. The summed E-state index contributed by atoms with van der Waals surface area (Å²) in [6, 6.07) is 7.90. The third kappa shape index (κ3) is 2.08. The zero-order valence-corrected chi connectivity index (χ0v) is 8.29. The van der Waals surface area contributed by atoms with Gasteiger partial charge in [0.05, 0.1) is 11.4 Å². The molecule has 1 aliphatic rings. The van der Waals surface area contributed by atoms with Gasteiger partial charge in [0, 0.05) is 5.70 Å². The highest BCUT2D eigenvalue weighted by atomic mass is 14.9. The Labute approximate surface area is 84.8 Å². The van der Waals surface area contributed by atoms with Crippen molar-refractivity contribution in [3.05, 3.63) is 36.0 Å². The Hall–Kier alpha value is -1.44. The van der Waals surface area contributed by atoms with Crippen LogP contribution in [0.5, 0.6) is 0 Å². The second-order valence-electron chi connectivity index (χ2n) is 3.69. The lowest BCUT2D eigenvalue weighted by Crippen LogP contribution is -2.04. The maximum Gasteiger partial charge on any atom is 0.0615 e. The molecule has 0 radical (unpaired) electrons. The Morgan fingerprint density at radius 3 is 2.71 bits per heavy atom. The Bertz CT molecular complexity index is 342. The van der Waals surface area contributed by atoms with Crippen LogP contribution in [0, 0.1) is 0 Å². The lowest BCUT2D eigenvalue weighted by molar-refractivity contribution is 0.704. The van der Waals surface area contributed by atoms with Crippen molar-refractivity contribution in [2.75, 3.05) is 11.1 Å². The molecule has 0 aromatic heterocycles. The number of para-hydroxylation sites is 2. The molecule has 74 valence electrons. The van der Waals surface area contributed by atoms with E-state index in [1.165, 1.54) is 25.0 Å². The molecular formula is C12H16N2. The SMILES string of the molecule is Nc1ccccc1NC1=CCCCC1. The summed E-state index contributed by atoms with van der Waals surface area (Å²) < 4.78 is 0. The lowest BCUT2D eigenvalue weighted by Gasteiger charge is -2.16. The van der Waals surface area contributed by atoms with E-state index in [2.05, 4.69) is 11.4 Å². The minimum absolute atomic E-state index is 0.818. The van der Waals surface area contributed by atoms with Gasteiger partial charge in [-0.25, -0.2) is 0 Å². The molecule has 0 saturated carbocycles. The van der Waals surface area contributed by atoms with Crippen molar-refractivity contribution in [2.24, 2.45) is 0 Å². The molecule has 1 aromatic carbocycles. The molecule has 0 bridgehead atoms. The van der Waals surface area contributed by atoms with E-state index >= 15 is 0 Å². The monoisotopic (exact) mass is 188 g/mol. The molecule has 14 heavy (non-hydrogen) atoms. The van der Waals surface area contributed by atoms with Gasteiger partial charge in [0.1, 0.15) is 0 Å². The summed E-state index contributed by atoms with van der Waals surface area (Å²) >= 11 is 0. The van der Waals surface area contributed by atoms with Crippen LogP contribution >= 0.6 is 0 Å². The van der Waals surface area contributed by atoms with E-state index in [1.54, 1.807) is 0 Å². The molecule has 0 fully saturated rings. The van der Waals surface area contributed by atoms with Gasteiger partial charge in [-0.2, -0.15) is 0 Å². The summed E-state index contributed by atoms with van der Waals surface area (Å²) in [5.74, 6) is 0. The fraction of sp³-hybridized carbons (Fsp3) is 0.333. The van der Waals surface area contributed by atoms with Crippen molar-refractivity contribution in [1.29, 1.82) is 0 Å². The van der Waals surface area contributed by atoms with Gasteiger partial charge in [0.25, 0.3) is 0 Å². The molecule has 2 nitrogen and oxygen atoms in total. The largest absolute Gasteiger partial charge is 0.397 e. The zero-order chi connectivity index (χ0) is 9.80. The Balaban J connectivity index is 2.10. The summed E-state index contributed by atoms with van der Waals surface area (Å²) in [6.45, 7) is 0. The van der Waals surface area contributed by atoms with Crippen molar-refractivity contribution in [2.45, 2.75) is 25.7 Å². The lowest BCUT2D eigenvalue weighted by atomic mass is 10.0. The highest BCUT2D eigenvalue weighted by Gasteiger charge is 2.04. The van der Waals surface area contributed by atoms with Gasteiger partial charge in [0.15, 0.2) is 0 Å². The third-order valence-electron chi connectivity index (χ3n) is 2.55. The van der Waals surface area contributed by atoms with Crippen LogP contribution in [0.25, 0.3) is 0 Å². The Morgan fingerprint density at radius 1 is 1.14 bits per heavy atom. The molecule has 0 heterocycles. The van der Waals surface area contributed by atoms with Crippen LogP contribution < -0.4 is 11.1 Å². The number of nitrogens with one attached hydrogen (secondary N) is 1. The van der Waals surface area contributed by atoms with E-state index in [-0.39, 0.29) is 0 Å². The topological polar surface area (TPSA) is 38.0 Å². The first kappa shape index (κ1) is 9.13. The second-order valence-corrected chi connectivity index (χ2v) is 3.69. The highest BCUT2D eigenvalue weighted by Crippen LogP contribution is 2.23. The quantitative estimate of drug-likeness (QED) is 0.700. The second kappa shape index (κ2) is 4.18. The van der Waals surface area contributed by atoms with E-state index in [0.29, 0.717) is 0 Å². The van der Waals surface area contributed by atoms with Gasteiger partial charge in [-0.15, -0.1) is 0 Å². The van der Waals surface area contributed by atoms with Gasteiger partial charge >= 0.3 is 0 Å². The number of hydrogen-bond donors (Lipinski definition) is 2. The number of nitrogen functional groups attached to an aromatic ring is 1. The summed E-state index contributed by atoms with van der Waals surface area (Å²) in [4.78, 5) is 0. The number of nitrogens with two attached hydrogens (primary N) is 1. The van der Waals surface area contributed by atoms with Crippen LogP contribution in [0.1, 0.15) is 25.7 Å². The standard InChI is InChI=1S/C12H16N2/c13-11-8-4-5-9-12(11)14-10-6-2-1-3-7-10/h4-6,8-9,14H,1-3,7,13H2. The normalized spacial score (nSPS) is 16.1. The van der Waals surface area contributed by atoms with Crippen molar-refractivity contribution < 1.29 is 0 Å². The first-order valence-corrected chi connectivity index (χ1v) is 5.17. The molecule has 0 amide bonds. The van der Waals surface area contributed by atoms with Crippen LogP contribution in [-0.4, -0.2) is 0 Å². The summed E-state index contributed by atoms with van der Waals surface area (Å²) in [6.07, 6.45) is 7.21. The highest BCUT2D eigenvalue weighted by molar-refractivity contribution is 5.67. The summed E-state index contributed by atoms with van der Waals surface area (Å²) in [7, 11) is 0. The van der Waals surface area contributed by atoms with Crippen molar-refractivity contribution >= 4 is 11.4 Å². The first-order valence-electron chi connectivity index (χ1n) is 5.17. The van der Waals surface area contributed by atoms with Crippen molar-refractivity contribution in [1.82, 2.24) is 0 Å². The fourth-order valence-corrected chi connectivity index (χ4v) is 1.74. The summed E-state index contributed by atoms with van der Waals surface area (Å²) in [5.41, 5.74) is 9.01. The van der Waals surface area contributed by atoms with Gasteiger partial charge in [0.2, 0.25) is 0 Å². The number of rotatable bonds is 2. The fourth-order valence-electron chi connectivity index (χ4n) is 1.74. The first-order chi connectivity index (χ1) is 6.86. The molecular weight excluding hydrogens is 172 g/mol. The van der Waals surface area contributed by atoms with Crippen LogP contribution in [-0.2, 0) is 0 Å². The molecule has 0 atom stereocenters. The number of anilines is 2. The summed E-state index contributed by atoms with van der Waals surface area (Å²) in [5, 5.41) is 3.39. The van der Waals surface area contributed by atoms with Gasteiger partial charge < -0.3 is 11.1 Å². The molecule has 0 unspecified atom stereocenters. The van der Waals surface area contributed by atoms with Crippen LogP contribution in [0.3, 0.4) is 0 Å². The third-order valence-corrected chi connectivity index (χ3v) is 2.55. The average molecular weight is 188 g/mol. The van der Waals surface area contributed by atoms with Crippen LogP contribution in [0.15, 0.2) is 36.0 Å². The molecule has 1 aliphatic carbocycles. The van der Waals surface area contributed by atoms with Crippen molar-refractivity contribution in [3.8, 4) is 0 Å². The molecule has 3 N–H and O–H groups in total. The minimum atomic E-state index is 0.818.